The normalized spacial score (nSPS) is 12.3. The summed E-state index contributed by atoms with van der Waals surface area (Å²) in [6.45, 7) is 0. The second-order valence-corrected chi connectivity index (χ2v) is 4.09. The maximum absolute atomic E-state index is 8.60. The van der Waals surface area contributed by atoms with Crippen LogP contribution in [0.1, 0.15) is 0 Å². The number of aromatic nitrogens is 2. The minimum absolute atomic E-state index is 0.112. The van der Waals surface area contributed by atoms with Gasteiger partial charge < -0.3 is 5.32 Å². The van der Waals surface area contributed by atoms with E-state index in [1.54, 1.807) is 24.3 Å². The van der Waals surface area contributed by atoms with Crippen LogP contribution in [0.25, 0.3) is 0 Å². The highest BCUT2D eigenvalue weighted by molar-refractivity contribution is 8.01. The van der Waals surface area contributed by atoms with Gasteiger partial charge in [0, 0.05) is 5.75 Å². The smallest absolute Gasteiger partial charge is 0.174 e. The van der Waals surface area contributed by atoms with Crippen molar-refractivity contribution in [3.05, 3.63) is 5.51 Å². The fourth-order valence-electron chi connectivity index (χ4n) is 0.566. The first-order valence-corrected chi connectivity index (χ1v) is 5.19. The largest absolute Gasteiger partial charge is 0.304 e. The van der Waals surface area contributed by atoms with Crippen LogP contribution in [0, 0.1) is 11.3 Å². The summed E-state index contributed by atoms with van der Waals surface area (Å²) in [5.74, 6) is 0.711. The molecule has 0 bridgehead atoms. The number of thioether (sulfide) groups is 1. The molecule has 1 unspecified atom stereocenters. The maximum Gasteiger partial charge on any atom is 0.174 e. The third kappa shape index (κ3) is 2.77. The van der Waals surface area contributed by atoms with Gasteiger partial charge in [0.05, 0.1) is 6.07 Å². The summed E-state index contributed by atoms with van der Waals surface area (Å²) in [7, 11) is 1.77. The first kappa shape index (κ1) is 9.45. The zero-order chi connectivity index (χ0) is 8.81. The van der Waals surface area contributed by atoms with E-state index in [9.17, 15) is 0 Å². The maximum atomic E-state index is 8.60. The van der Waals surface area contributed by atoms with Crippen LogP contribution in [0.15, 0.2) is 9.85 Å². The molecule has 0 radical (unpaired) electrons. The summed E-state index contributed by atoms with van der Waals surface area (Å²) >= 11 is 3.03. The monoisotopic (exact) mass is 200 g/mol. The lowest BCUT2D eigenvalue weighted by molar-refractivity contribution is 0.749. The number of nitrogens with one attached hydrogen (secondary N) is 1. The Labute approximate surface area is 79.0 Å². The lowest BCUT2D eigenvalue weighted by Gasteiger charge is -2.03. The van der Waals surface area contributed by atoms with Gasteiger partial charge in [-0.3, -0.25) is 0 Å². The summed E-state index contributed by atoms with van der Waals surface area (Å²) in [5.41, 5.74) is 1.68. The summed E-state index contributed by atoms with van der Waals surface area (Å²) in [5, 5.41) is 19.0. The molecule has 1 atom stereocenters. The topological polar surface area (TPSA) is 61.6 Å². The zero-order valence-electron chi connectivity index (χ0n) is 6.52. The number of hydrogen-bond donors (Lipinski definition) is 1. The highest BCUT2D eigenvalue weighted by atomic mass is 32.2. The molecule has 1 heterocycles. The number of hydrogen-bond acceptors (Lipinski definition) is 6. The number of nitriles is 1. The van der Waals surface area contributed by atoms with Crippen LogP contribution in [-0.2, 0) is 0 Å². The van der Waals surface area contributed by atoms with Crippen molar-refractivity contribution in [2.45, 2.75) is 10.4 Å². The highest BCUT2D eigenvalue weighted by Crippen LogP contribution is 2.19. The third-order valence-electron chi connectivity index (χ3n) is 1.22. The van der Waals surface area contributed by atoms with Crippen LogP contribution in [-0.4, -0.2) is 29.0 Å². The van der Waals surface area contributed by atoms with Gasteiger partial charge in [0.2, 0.25) is 0 Å². The second-order valence-electron chi connectivity index (χ2n) is 1.99. The predicted molar refractivity (Wildman–Crippen MR) is 49.1 cm³/mol. The van der Waals surface area contributed by atoms with Crippen molar-refractivity contribution in [3.63, 3.8) is 0 Å². The molecule has 64 valence electrons. The Morgan fingerprint density at radius 2 is 2.75 bits per heavy atom. The molecule has 0 amide bonds. The van der Waals surface area contributed by atoms with Gasteiger partial charge in [-0.15, -0.1) is 10.2 Å². The van der Waals surface area contributed by atoms with Gasteiger partial charge in [0.25, 0.3) is 0 Å². The van der Waals surface area contributed by atoms with Crippen molar-refractivity contribution in [2.24, 2.45) is 0 Å². The van der Waals surface area contributed by atoms with Gasteiger partial charge in [-0.2, -0.15) is 5.26 Å². The molecule has 0 saturated heterocycles. The average Bonchev–Trinajstić information content (AvgIpc) is 2.59. The van der Waals surface area contributed by atoms with E-state index in [0.717, 1.165) is 4.34 Å². The van der Waals surface area contributed by atoms with E-state index in [1.165, 1.54) is 11.3 Å². The first-order valence-electron chi connectivity index (χ1n) is 3.32. The molecule has 1 aromatic rings. The SMILES string of the molecule is CNC(C#N)CSc1nncs1. The summed E-state index contributed by atoms with van der Waals surface area (Å²) in [4.78, 5) is 0. The van der Waals surface area contributed by atoms with Crippen molar-refractivity contribution >= 4 is 23.1 Å². The van der Waals surface area contributed by atoms with E-state index in [1.807, 2.05) is 0 Å². The van der Waals surface area contributed by atoms with E-state index < -0.39 is 0 Å². The fraction of sp³-hybridized carbons (Fsp3) is 0.500. The standard InChI is InChI=1S/C6H8N4S2/c1-8-5(2-7)3-11-6-10-9-4-12-6/h4-5,8H,3H2,1H3. The van der Waals surface area contributed by atoms with Crippen molar-refractivity contribution in [2.75, 3.05) is 12.8 Å². The van der Waals surface area contributed by atoms with E-state index in [2.05, 4.69) is 21.6 Å². The molecule has 4 nitrogen and oxygen atoms in total. The molecule has 6 heteroatoms. The molecule has 12 heavy (non-hydrogen) atoms. The Balaban J connectivity index is 2.31. The van der Waals surface area contributed by atoms with Crippen LogP contribution >= 0.6 is 23.1 Å². The van der Waals surface area contributed by atoms with Gasteiger partial charge in [0.1, 0.15) is 11.6 Å². The average molecular weight is 200 g/mol. The lowest BCUT2D eigenvalue weighted by atomic mass is 10.4. The molecule has 1 rings (SSSR count). The van der Waals surface area contributed by atoms with Crippen LogP contribution in [0.3, 0.4) is 0 Å². The predicted octanol–water partition coefficient (Wildman–Crippen LogP) is 0.742. The Morgan fingerprint density at radius 3 is 3.25 bits per heavy atom. The molecule has 0 aliphatic rings. The van der Waals surface area contributed by atoms with Crippen molar-refractivity contribution < 1.29 is 0 Å². The Bertz CT molecular complexity index is 253. The van der Waals surface area contributed by atoms with Gasteiger partial charge in [-0.1, -0.05) is 23.1 Å². The van der Waals surface area contributed by atoms with Crippen LogP contribution < -0.4 is 5.32 Å². The minimum atomic E-state index is -0.112. The molecule has 0 fully saturated rings. The quantitative estimate of drug-likeness (QED) is 0.726. The van der Waals surface area contributed by atoms with Gasteiger partial charge in [0.15, 0.2) is 4.34 Å². The second kappa shape index (κ2) is 5.09. The number of rotatable bonds is 4. The van der Waals surface area contributed by atoms with Crippen molar-refractivity contribution in [1.29, 1.82) is 5.26 Å². The molecule has 1 aromatic heterocycles. The third-order valence-corrected chi connectivity index (χ3v) is 3.17. The van der Waals surface area contributed by atoms with Crippen molar-refractivity contribution in [3.8, 4) is 6.07 Å². The summed E-state index contributed by atoms with van der Waals surface area (Å²) < 4.78 is 0.908. The van der Waals surface area contributed by atoms with Crippen LogP contribution in [0.5, 0.6) is 0 Å². The zero-order valence-corrected chi connectivity index (χ0v) is 8.15. The van der Waals surface area contributed by atoms with Gasteiger partial charge in [-0.05, 0) is 7.05 Å². The molecule has 0 saturated carbocycles. The van der Waals surface area contributed by atoms with Gasteiger partial charge in [-0.25, -0.2) is 0 Å². The molecular weight excluding hydrogens is 192 g/mol. The molecular formula is C6H8N4S2. The molecule has 0 spiro atoms. The summed E-state index contributed by atoms with van der Waals surface area (Å²) in [6.07, 6.45) is 0. The molecule has 0 aliphatic heterocycles. The molecule has 0 aliphatic carbocycles. The lowest BCUT2D eigenvalue weighted by Crippen LogP contribution is -2.25. The first-order chi connectivity index (χ1) is 5.86. The fourth-order valence-corrected chi connectivity index (χ4v) is 2.11. The number of nitrogens with zero attached hydrogens (tertiary/aromatic N) is 3. The van der Waals surface area contributed by atoms with E-state index in [-0.39, 0.29) is 6.04 Å². The van der Waals surface area contributed by atoms with Crippen LogP contribution in [0.4, 0.5) is 0 Å². The molecule has 1 N–H and O–H groups in total. The molecule has 0 aromatic carbocycles. The Hall–Kier alpha value is -0.640. The Morgan fingerprint density at radius 1 is 1.92 bits per heavy atom. The minimum Gasteiger partial charge on any atom is -0.304 e. The summed E-state index contributed by atoms with van der Waals surface area (Å²) in [6, 6.07) is 2.03. The highest BCUT2D eigenvalue weighted by Gasteiger charge is 2.05. The van der Waals surface area contributed by atoms with Crippen molar-refractivity contribution in [1.82, 2.24) is 15.5 Å². The van der Waals surface area contributed by atoms with E-state index in [4.69, 9.17) is 5.26 Å². The Kier molecular flexibility index (Phi) is 4.00. The van der Waals surface area contributed by atoms with E-state index in [0.29, 0.717) is 5.75 Å². The van der Waals surface area contributed by atoms with Crippen LogP contribution in [0.2, 0.25) is 0 Å². The van der Waals surface area contributed by atoms with Gasteiger partial charge >= 0.3 is 0 Å². The van der Waals surface area contributed by atoms with E-state index >= 15 is 0 Å².